The summed E-state index contributed by atoms with van der Waals surface area (Å²) < 4.78 is 0. The SMILES string of the molecule is CC1=NC(CC2CCN(c3ccc(Cc4cccc(CO)c4)cc3)CC2)NC(C(=O)NCC(=O)O)=C1O. The number of nitrogens with one attached hydrogen (secondary N) is 2. The van der Waals surface area contributed by atoms with E-state index in [1.165, 1.54) is 16.8 Å². The molecule has 196 valence electrons. The molecule has 37 heavy (non-hydrogen) atoms. The van der Waals surface area contributed by atoms with Crippen LogP contribution in [0.5, 0.6) is 0 Å². The van der Waals surface area contributed by atoms with E-state index >= 15 is 0 Å². The quantitative estimate of drug-likeness (QED) is 0.353. The Morgan fingerprint density at radius 1 is 1.08 bits per heavy atom. The standard InChI is InChI=1S/C28H34N4O5/c1-18-27(36)26(28(37)29-16-25(34)35)31-24(30-18)15-20-9-11-32(12-10-20)23-7-5-19(6-8-23)13-21-3-2-4-22(14-21)17-33/h2-8,14,20,24,31,33,36H,9-13,15-17H2,1H3,(H,29,37)(H,34,35). The largest absolute Gasteiger partial charge is 0.504 e. The van der Waals surface area contributed by atoms with E-state index in [0.717, 1.165) is 44.3 Å². The highest BCUT2D eigenvalue weighted by Gasteiger charge is 2.29. The number of piperidine rings is 1. The third kappa shape index (κ3) is 6.89. The number of allylic oxidation sites excluding steroid dienone is 1. The average molecular weight is 507 g/mol. The van der Waals surface area contributed by atoms with E-state index in [1.54, 1.807) is 6.92 Å². The van der Waals surface area contributed by atoms with Gasteiger partial charge < -0.3 is 30.9 Å². The van der Waals surface area contributed by atoms with Crippen LogP contribution >= 0.6 is 0 Å². The second-order valence-electron chi connectivity index (χ2n) is 9.66. The molecule has 0 radical (unpaired) electrons. The van der Waals surface area contributed by atoms with Gasteiger partial charge in [0.15, 0.2) is 5.76 Å². The van der Waals surface area contributed by atoms with E-state index in [4.69, 9.17) is 5.11 Å². The van der Waals surface area contributed by atoms with Crippen molar-refractivity contribution in [1.29, 1.82) is 0 Å². The first kappa shape index (κ1) is 26.2. The van der Waals surface area contributed by atoms with E-state index < -0.39 is 18.4 Å². The Labute approximate surface area is 216 Å². The van der Waals surface area contributed by atoms with Gasteiger partial charge >= 0.3 is 5.97 Å². The number of carboxylic acids is 1. The Bertz CT molecular complexity index is 1180. The smallest absolute Gasteiger partial charge is 0.322 e. The number of rotatable bonds is 9. The van der Waals surface area contributed by atoms with Crippen LogP contribution in [0.1, 0.15) is 42.9 Å². The summed E-state index contributed by atoms with van der Waals surface area (Å²) in [5.41, 5.74) is 4.86. The number of nitrogens with zero attached hydrogens (tertiary/aromatic N) is 2. The van der Waals surface area contributed by atoms with Gasteiger partial charge in [-0.3, -0.25) is 14.6 Å². The summed E-state index contributed by atoms with van der Waals surface area (Å²) in [4.78, 5) is 29.9. The highest BCUT2D eigenvalue weighted by atomic mass is 16.4. The monoisotopic (exact) mass is 506 g/mol. The fourth-order valence-corrected chi connectivity index (χ4v) is 4.91. The van der Waals surface area contributed by atoms with Gasteiger partial charge in [0.25, 0.3) is 5.91 Å². The molecule has 1 atom stereocenters. The van der Waals surface area contributed by atoms with Gasteiger partial charge in [0.2, 0.25) is 0 Å². The molecule has 4 rings (SSSR count). The van der Waals surface area contributed by atoms with Crippen LogP contribution in [0.3, 0.4) is 0 Å². The van der Waals surface area contributed by atoms with E-state index in [-0.39, 0.29) is 24.2 Å². The number of hydrogen-bond acceptors (Lipinski definition) is 7. The van der Waals surface area contributed by atoms with Gasteiger partial charge in [0.05, 0.1) is 12.3 Å². The number of hydrogen-bond donors (Lipinski definition) is 5. The van der Waals surface area contributed by atoms with Crippen LogP contribution < -0.4 is 15.5 Å². The number of carboxylic acid groups (broad SMARTS) is 1. The first-order valence-electron chi connectivity index (χ1n) is 12.6. The summed E-state index contributed by atoms with van der Waals surface area (Å²) in [6.07, 6.45) is 3.17. The fraction of sp³-hybridized carbons (Fsp3) is 0.393. The molecule has 2 heterocycles. The minimum atomic E-state index is -1.15. The Balaban J connectivity index is 1.28. The second kappa shape index (κ2) is 11.9. The molecule has 2 aliphatic heterocycles. The van der Waals surface area contributed by atoms with E-state index in [2.05, 4.69) is 50.9 Å². The van der Waals surface area contributed by atoms with Crippen molar-refractivity contribution in [3.8, 4) is 0 Å². The first-order valence-corrected chi connectivity index (χ1v) is 12.6. The van der Waals surface area contributed by atoms with Crippen molar-refractivity contribution in [2.45, 2.75) is 45.4 Å². The van der Waals surface area contributed by atoms with Crippen molar-refractivity contribution >= 4 is 23.3 Å². The number of aliphatic hydroxyl groups excluding tert-OH is 2. The van der Waals surface area contributed by atoms with E-state index in [9.17, 15) is 19.8 Å². The van der Waals surface area contributed by atoms with Gasteiger partial charge in [-0.05, 0) is 67.3 Å². The molecular weight excluding hydrogens is 472 g/mol. The molecule has 1 saturated heterocycles. The second-order valence-corrected chi connectivity index (χ2v) is 9.66. The molecule has 9 nitrogen and oxygen atoms in total. The van der Waals surface area contributed by atoms with Crippen LogP contribution in [0.25, 0.3) is 0 Å². The van der Waals surface area contributed by atoms with Crippen LogP contribution in [0.4, 0.5) is 5.69 Å². The number of amides is 1. The zero-order chi connectivity index (χ0) is 26.4. The van der Waals surface area contributed by atoms with Gasteiger partial charge in [0, 0.05) is 18.8 Å². The lowest BCUT2D eigenvalue weighted by Crippen LogP contribution is -2.44. The number of aliphatic carboxylic acids is 1. The van der Waals surface area contributed by atoms with E-state index in [1.807, 2.05) is 18.2 Å². The van der Waals surface area contributed by atoms with Gasteiger partial charge in [-0.15, -0.1) is 0 Å². The number of benzene rings is 2. The molecule has 2 aromatic rings. The summed E-state index contributed by atoms with van der Waals surface area (Å²) in [5.74, 6) is -1.65. The predicted molar refractivity (Wildman–Crippen MR) is 141 cm³/mol. The molecule has 0 aromatic heterocycles. The number of carbonyl (C=O) groups excluding carboxylic acids is 1. The summed E-state index contributed by atoms with van der Waals surface area (Å²) in [5, 5.41) is 33.7. The summed E-state index contributed by atoms with van der Waals surface area (Å²) in [6, 6.07) is 16.7. The molecule has 1 unspecified atom stereocenters. The van der Waals surface area contributed by atoms with Crippen LogP contribution in [-0.2, 0) is 22.6 Å². The Morgan fingerprint density at radius 3 is 2.46 bits per heavy atom. The molecule has 1 fully saturated rings. The van der Waals surface area contributed by atoms with Gasteiger partial charge in [-0.2, -0.15) is 0 Å². The summed E-state index contributed by atoms with van der Waals surface area (Å²) >= 11 is 0. The number of carbonyl (C=O) groups is 2. The lowest BCUT2D eigenvalue weighted by molar-refractivity contribution is -0.137. The highest BCUT2D eigenvalue weighted by Crippen LogP contribution is 2.28. The number of anilines is 1. The molecule has 0 bridgehead atoms. The molecule has 1 amide bonds. The number of aliphatic imine (C=N–C) groups is 1. The molecule has 0 saturated carbocycles. The highest BCUT2D eigenvalue weighted by molar-refractivity contribution is 6.06. The van der Waals surface area contributed by atoms with Crippen molar-refractivity contribution < 1.29 is 24.9 Å². The molecule has 9 heteroatoms. The van der Waals surface area contributed by atoms with Crippen molar-refractivity contribution in [2.24, 2.45) is 10.9 Å². The van der Waals surface area contributed by atoms with Crippen molar-refractivity contribution in [3.05, 3.63) is 76.7 Å². The molecule has 0 spiro atoms. The lowest BCUT2D eigenvalue weighted by Gasteiger charge is -2.35. The maximum absolute atomic E-state index is 12.3. The van der Waals surface area contributed by atoms with Crippen molar-refractivity contribution in [3.63, 3.8) is 0 Å². The van der Waals surface area contributed by atoms with E-state index in [0.29, 0.717) is 11.6 Å². The normalized spacial score (nSPS) is 18.3. The molecule has 2 aliphatic rings. The van der Waals surface area contributed by atoms with Crippen LogP contribution in [-0.4, -0.2) is 58.7 Å². The summed E-state index contributed by atoms with van der Waals surface area (Å²) in [7, 11) is 0. The van der Waals surface area contributed by atoms with Gasteiger partial charge in [-0.1, -0.05) is 36.4 Å². The first-order chi connectivity index (χ1) is 17.8. The molecular formula is C28H34N4O5. The number of aliphatic hydroxyl groups is 2. The van der Waals surface area contributed by atoms with Gasteiger partial charge in [0.1, 0.15) is 18.4 Å². The van der Waals surface area contributed by atoms with Crippen LogP contribution in [0.15, 0.2) is 65.0 Å². The molecule has 2 aromatic carbocycles. The zero-order valence-corrected chi connectivity index (χ0v) is 21.0. The average Bonchev–Trinajstić information content (AvgIpc) is 2.90. The summed E-state index contributed by atoms with van der Waals surface area (Å²) in [6.45, 7) is 3.02. The Morgan fingerprint density at radius 2 is 1.78 bits per heavy atom. The molecule has 5 N–H and O–H groups in total. The van der Waals surface area contributed by atoms with Crippen LogP contribution in [0.2, 0.25) is 0 Å². The topological polar surface area (TPSA) is 134 Å². The minimum Gasteiger partial charge on any atom is -0.504 e. The maximum Gasteiger partial charge on any atom is 0.322 e. The Kier molecular flexibility index (Phi) is 8.45. The van der Waals surface area contributed by atoms with Gasteiger partial charge in [-0.25, -0.2) is 0 Å². The molecule has 0 aliphatic carbocycles. The minimum absolute atomic E-state index is 0.0284. The lowest BCUT2D eigenvalue weighted by atomic mass is 9.91. The van der Waals surface area contributed by atoms with Crippen LogP contribution in [0, 0.1) is 5.92 Å². The maximum atomic E-state index is 12.3. The fourth-order valence-electron chi connectivity index (χ4n) is 4.91. The third-order valence-corrected chi connectivity index (χ3v) is 6.92. The van der Waals surface area contributed by atoms with Crippen molar-refractivity contribution in [2.75, 3.05) is 24.5 Å². The third-order valence-electron chi connectivity index (χ3n) is 6.92. The zero-order valence-electron chi connectivity index (χ0n) is 21.0. The predicted octanol–water partition coefficient (Wildman–Crippen LogP) is 2.74. The Hall–Kier alpha value is -3.85. The van der Waals surface area contributed by atoms with Crippen molar-refractivity contribution in [1.82, 2.24) is 10.6 Å².